The number of morpholine rings is 1. The van der Waals surface area contributed by atoms with Crippen LogP contribution in [-0.2, 0) is 11.3 Å². The van der Waals surface area contributed by atoms with Crippen LogP contribution in [-0.4, -0.2) is 56.3 Å². The highest BCUT2D eigenvalue weighted by atomic mass is 127. The third-order valence-electron chi connectivity index (χ3n) is 4.49. The zero-order valence-electron chi connectivity index (χ0n) is 13.7. The van der Waals surface area contributed by atoms with E-state index in [0.29, 0.717) is 6.04 Å². The Bertz CT molecular complexity index is 497. The maximum absolute atomic E-state index is 5.96. The highest BCUT2D eigenvalue weighted by molar-refractivity contribution is 14.0. The number of hydrogen-bond donors (Lipinski definition) is 2. The number of nitrogens with one attached hydrogen (secondary N) is 2. The van der Waals surface area contributed by atoms with Gasteiger partial charge in [0.2, 0.25) is 0 Å². The maximum atomic E-state index is 5.96. The minimum atomic E-state index is 0. The molecule has 0 amide bonds. The number of benzene rings is 1. The van der Waals surface area contributed by atoms with Crippen LogP contribution in [0.25, 0.3) is 0 Å². The Morgan fingerprint density at radius 3 is 2.91 bits per heavy atom. The summed E-state index contributed by atoms with van der Waals surface area (Å²) in [6.07, 6.45) is 2.86. The normalized spacial score (nSPS) is 24.7. The third kappa shape index (κ3) is 5.32. The summed E-state index contributed by atoms with van der Waals surface area (Å²) in [7, 11) is 1.80. The topological polar surface area (TPSA) is 48.9 Å². The fraction of sp³-hybridized carbons (Fsp3) is 0.588. The van der Waals surface area contributed by atoms with Gasteiger partial charge in [0.25, 0.3) is 0 Å². The van der Waals surface area contributed by atoms with E-state index in [1.807, 2.05) is 6.07 Å². The summed E-state index contributed by atoms with van der Waals surface area (Å²) in [4.78, 5) is 6.84. The molecule has 0 radical (unpaired) electrons. The van der Waals surface area contributed by atoms with Crippen LogP contribution in [0.3, 0.4) is 0 Å². The molecule has 1 aromatic rings. The fourth-order valence-corrected chi connectivity index (χ4v) is 3.22. The lowest BCUT2D eigenvalue weighted by Crippen LogP contribution is -2.51. The van der Waals surface area contributed by atoms with Gasteiger partial charge in [-0.2, -0.15) is 0 Å². The second kappa shape index (κ2) is 9.44. The average Bonchev–Trinajstić information content (AvgIpc) is 3.03. The molecule has 5 nitrogen and oxygen atoms in total. The highest BCUT2D eigenvalue weighted by Crippen LogP contribution is 2.22. The van der Waals surface area contributed by atoms with Crippen LogP contribution in [0, 0.1) is 0 Å². The molecule has 6 heteroatoms. The molecule has 2 fully saturated rings. The lowest BCUT2D eigenvalue weighted by molar-refractivity contribution is -0.0453. The summed E-state index contributed by atoms with van der Waals surface area (Å²) in [6, 6.07) is 11.0. The SMILES string of the molecule is CN=C(NCc1ccccc1)NCC1CN2CCCC2CO1.I. The molecule has 0 aromatic heterocycles. The molecular weight excluding hydrogens is 403 g/mol. The first-order valence-corrected chi connectivity index (χ1v) is 8.19. The average molecular weight is 430 g/mol. The van der Waals surface area contributed by atoms with Crippen LogP contribution in [0.1, 0.15) is 18.4 Å². The first kappa shape index (κ1) is 18.5. The summed E-state index contributed by atoms with van der Waals surface area (Å²) >= 11 is 0. The van der Waals surface area contributed by atoms with E-state index in [4.69, 9.17) is 4.74 Å². The number of rotatable bonds is 4. The van der Waals surface area contributed by atoms with E-state index >= 15 is 0 Å². The van der Waals surface area contributed by atoms with Crippen molar-refractivity contribution in [3.05, 3.63) is 35.9 Å². The zero-order chi connectivity index (χ0) is 15.2. The van der Waals surface area contributed by atoms with Gasteiger partial charge in [-0.15, -0.1) is 24.0 Å². The number of nitrogens with zero attached hydrogens (tertiary/aromatic N) is 2. The molecule has 0 aliphatic carbocycles. The predicted octanol–water partition coefficient (Wildman–Crippen LogP) is 1.83. The van der Waals surface area contributed by atoms with Crippen molar-refractivity contribution in [1.82, 2.24) is 15.5 Å². The number of guanidine groups is 1. The van der Waals surface area contributed by atoms with Gasteiger partial charge in [0.1, 0.15) is 0 Å². The second-order valence-electron chi connectivity index (χ2n) is 6.04. The van der Waals surface area contributed by atoms with Crippen LogP contribution in [0.2, 0.25) is 0 Å². The van der Waals surface area contributed by atoms with Crippen LogP contribution in [0.5, 0.6) is 0 Å². The number of aliphatic imine (C=N–C) groups is 1. The van der Waals surface area contributed by atoms with Crippen LogP contribution in [0.4, 0.5) is 0 Å². The molecule has 3 rings (SSSR count). The van der Waals surface area contributed by atoms with E-state index in [-0.39, 0.29) is 30.1 Å². The molecule has 2 atom stereocenters. The number of ether oxygens (including phenoxy) is 1. The van der Waals surface area contributed by atoms with E-state index in [0.717, 1.165) is 32.2 Å². The predicted molar refractivity (Wildman–Crippen MR) is 104 cm³/mol. The van der Waals surface area contributed by atoms with E-state index in [1.54, 1.807) is 7.05 Å². The van der Waals surface area contributed by atoms with Crippen molar-refractivity contribution in [2.45, 2.75) is 31.5 Å². The minimum absolute atomic E-state index is 0. The standard InChI is InChI=1S/C17H26N4O.HI/c1-18-17(19-10-14-6-3-2-4-7-14)20-11-16-12-21-9-5-8-15(21)13-22-16;/h2-4,6-7,15-16H,5,8-13H2,1H3,(H2,18,19,20);1H. The molecule has 2 saturated heterocycles. The molecule has 1 aromatic carbocycles. The van der Waals surface area contributed by atoms with E-state index in [1.165, 1.54) is 24.9 Å². The summed E-state index contributed by atoms with van der Waals surface area (Å²) in [6.45, 7) is 4.72. The number of hydrogen-bond acceptors (Lipinski definition) is 3. The Hall–Kier alpha value is -0.860. The molecule has 2 N–H and O–H groups in total. The van der Waals surface area contributed by atoms with Crippen LogP contribution < -0.4 is 10.6 Å². The maximum Gasteiger partial charge on any atom is 0.191 e. The first-order chi connectivity index (χ1) is 10.8. The Kier molecular flexibility index (Phi) is 7.58. The van der Waals surface area contributed by atoms with Gasteiger partial charge in [0.05, 0.1) is 12.7 Å². The van der Waals surface area contributed by atoms with Gasteiger partial charge in [-0.05, 0) is 24.9 Å². The number of fused-ring (bicyclic) bond motifs is 1. The molecule has 2 aliphatic rings. The van der Waals surface area contributed by atoms with Gasteiger partial charge >= 0.3 is 0 Å². The van der Waals surface area contributed by atoms with Gasteiger partial charge in [0.15, 0.2) is 5.96 Å². The molecule has 0 bridgehead atoms. The van der Waals surface area contributed by atoms with Gasteiger partial charge in [-0.3, -0.25) is 9.89 Å². The molecule has 2 heterocycles. The van der Waals surface area contributed by atoms with Crippen LogP contribution in [0.15, 0.2) is 35.3 Å². The third-order valence-corrected chi connectivity index (χ3v) is 4.49. The summed E-state index contributed by atoms with van der Waals surface area (Å²) in [5.74, 6) is 0.830. The minimum Gasteiger partial charge on any atom is -0.373 e. The monoisotopic (exact) mass is 430 g/mol. The van der Waals surface area contributed by atoms with Crippen molar-refractivity contribution in [3.8, 4) is 0 Å². The molecule has 0 spiro atoms. The van der Waals surface area contributed by atoms with Crippen molar-refractivity contribution in [1.29, 1.82) is 0 Å². The van der Waals surface area contributed by atoms with Crippen molar-refractivity contribution in [2.75, 3.05) is 33.3 Å². The van der Waals surface area contributed by atoms with Crippen molar-refractivity contribution < 1.29 is 4.74 Å². The van der Waals surface area contributed by atoms with E-state index in [9.17, 15) is 0 Å². The molecular formula is C17H27IN4O. The van der Waals surface area contributed by atoms with Crippen LogP contribution >= 0.6 is 24.0 Å². The summed E-state index contributed by atoms with van der Waals surface area (Å²) < 4.78 is 5.96. The van der Waals surface area contributed by atoms with Crippen molar-refractivity contribution in [3.63, 3.8) is 0 Å². The van der Waals surface area contributed by atoms with Crippen molar-refractivity contribution >= 4 is 29.9 Å². The molecule has 128 valence electrons. The lowest BCUT2D eigenvalue weighted by Gasteiger charge is -2.35. The Morgan fingerprint density at radius 1 is 1.30 bits per heavy atom. The summed E-state index contributed by atoms with van der Waals surface area (Å²) in [5, 5.41) is 6.72. The molecule has 23 heavy (non-hydrogen) atoms. The number of halogens is 1. The van der Waals surface area contributed by atoms with Gasteiger partial charge in [-0.1, -0.05) is 30.3 Å². The van der Waals surface area contributed by atoms with Gasteiger partial charge in [0, 0.05) is 32.7 Å². The van der Waals surface area contributed by atoms with E-state index in [2.05, 4.69) is 44.8 Å². The summed E-state index contributed by atoms with van der Waals surface area (Å²) in [5.41, 5.74) is 1.25. The fourth-order valence-electron chi connectivity index (χ4n) is 3.22. The van der Waals surface area contributed by atoms with Crippen molar-refractivity contribution in [2.24, 2.45) is 4.99 Å². The lowest BCUT2D eigenvalue weighted by atomic mass is 10.2. The Balaban J connectivity index is 0.00000192. The first-order valence-electron chi connectivity index (χ1n) is 8.19. The molecule has 0 saturated carbocycles. The Labute approximate surface area is 155 Å². The Morgan fingerprint density at radius 2 is 2.13 bits per heavy atom. The van der Waals surface area contributed by atoms with Gasteiger partial charge in [-0.25, -0.2) is 0 Å². The molecule has 2 unspecified atom stereocenters. The smallest absolute Gasteiger partial charge is 0.191 e. The highest BCUT2D eigenvalue weighted by Gasteiger charge is 2.31. The largest absolute Gasteiger partial charge is 0.373 e. The second-order valence-corrected chi connectivity index (χ2v) is 6.04. The zero-order valence-corrected chi connectivity index (χ0v) is 16.0. The quantitative estimate of drug-likeness (QED) is 0.435. The van der Waals surface area contributed by atoms with Gasteiger partial charge < -0.3 is 15.4 Å². The van der Waals surface area contributed by atoms with E-state index < -0.39 is 0 Å². The molecule has 2 aliphatic heterocycles.